The van der Waals surface area contributed by atoms with Crippen LogP contribution < -0.4 is 10.6 Å². The van der Waals surface area contributed by atoms with E-state index >= 15 is 0 Å². The summed E-state index contributed by atoms with van der Waals surface area (Å²) in [6, 6.07) is 23.8. The van der Waals surface area contributed by atoms with E-state index in [1.807, 2.05) is 60.7 Å². The smallest absolute Gasteiger partial charge is 0.242 e. The van der Waals surface area contributed by atoms with Gasteiger partial charge < -0.3 is 10.6 Å². The van der Waals surface area contributed by atoms with Gasteiger partial charge in [0.25, 0.3) is 0 Å². The van der Waals surface area contributed by atoms with Crippen LogP contribution >= 0.6 is 0 Å². The van der Waals surface area contributed by atoms with Crippen LogP contribution in [-0.2, 0) is 14.8 Å². The summed E-state index contributed by atoms with van der Waals surface area (Å²) in [6.07, 6.45) is 0. The topological polar surface area (TPSA) is 78.5 Å². The molecule has 0 spiro atoms. The van der Waals surface area contributed by atoms with E-state index in [0.29, 0.717) is 11.3 Å². The summed E-state index contributed by atoms with van der Waals surface area (Å²) in [5.74, 6) is -0.194. The van der Waals surface area contributed by atoms with E-state index in [4.69, 9.17) is 0 Å². The van der Waals surface area contributed by atoms with E-state index in [1.54, 1.807) is 32.0 Å². The molecular weight excluding hydrogens is 422 g/mol. The van der Waals surface area contributed by atoms with Gasteiger partial charge >= 0.3 is 0 Å². The van der Waals surface area contributed by atoms with Crippen LogP contribution in [0.15, 0.2) is 83.8 Å². The van der Waals surface area contributed by atoms with Crippen LogP contribution in [0.3, 0.4) is 0 Å². The molecule has 168 valence electrons. The third-order valence-corrected chi connectivity index (χ3v) is 7.23. The van der Waals surface area contributed by atoms with Crippen molar-refractivity contribution in [3.05, 3.63) is 95.6 Å². The molecule has 0 aliphatic carbocycles. The zero-order valence-electron chi connectivity index (χ0n) is 18.7. The molecule has 1 amide bonds. The first-order valence-electron chi connectivity index (χ1n) is 10.4. The molecule has 32 heavy (non-hydrogen) atoms. The van der Waals surface area contributed by atoms with E-state index in [0.717, 1.165) is 11.1 Å². The van der Waals surface area contributed by atoms with E-state index in [9.17, 15) is 13.2 Å². The number of carbonyl (C=O) groups excluding carboxylic acids is 1. The quantitative estimate of drug-likeness (QED) is 0.544. The third-order valence-electron chi connectivity index (χ3n) is 5.28. The first kappa shape index (κ1) is 23.5. The molecule has 0 fully saturated rings. The van der Waals surface area contributed by atoms with Crippen molar-refractivity contribution in [2.75, 3.05) is 19.4 Å². The maximum absolute atomic E-state index is 13.1. The Labute approximate surface area is 190 Å². The highest BCUT2D eigenvalue weighted by molar-refractivity contribution is 7.89. The lowest BCUT2D eigenvalue weighted by Crippen LogP contribution is -2.40. The molecular formula is C25H29N3O3S. The SMILES string of the molecule is Cc1ccc(N[C@@H](C)C(=O)NC(c2ccccc2)c2ccccc2)cc1S(=O)(=O)N(C)C. The largest absolute Gasteiger partial charge is 0.374 e. The molecule has 0 saturated carbocycles. The van der Waals surface area contributed by atoms with Crippen LogP contribution in [0.25, 0.3) is 0 Å². The van der Waals surface area contributed by atoms with Gasteiger partial charge in [-0.2, -0.15) is 0 Å². The van der Waals surface area contributed by atoms with Crippen LogP contribution in [0.2, 0.25) is 0 Å². The Balaban J connectivity index is 1.81. The minimum absolute atomic E-state index is 0.194. The van der Waals surface area contributed by atoms with Gasteiger partial charge in [0.15, 0.2) is 0 Å². The average molecular weight is 452 g/mol. The lowest BCUT2D eigenvalue weighted by molar-refractivity contribution is -0.122. The fraction of sp³-hybridized carbons (Fsp3) is 0.240. The normalized spacial score (nSPS) is 12.6. The number of hydrogen-bond acceptors (Lipinski definition) is 4. The number of benzene rings is 3. The number of hydrogen-bond donors (Lipinski definition) is 2. The zero-order valence-corrected chi connectivity index (χ0v) is 19.6. The van der Waals surface area contributed by atoms with E-state index in [1.165, 1.54) is 18.4 Å². The Bertz CT molecular complexity index is 1120. The minimum Gasteiger partial charge on any atom is -0.374 e. The van der Waals surface area contributed by atoms with Gasteiger partial charge in [-0.15, -0.1) is 0 Å². The summed E-state index contributed by atoms with van der Waals surface area (Å²) in [5, 5.41) is 6.25. The molecule has 0 aliphatic heterocycles. The Morgan fingerprint density at radius 3 is 1.91 bits per heavy atom. The third kappa shape index (κ3) is 5.36. The number of carbonyl (C=O) groups is 1. The molecule has 0 heterocycles. The van der Waals surface area contributed by atoms with Gasteiger partial charge in [0, 0.05) is 19.8 Å². The highest BCUT2D eigenvalue weighted by atomic mass is 32.2. The molecule has 0 radical (unpaired) electrons. The van der Waals surface area contributed by atoms with Crippen molar-refractivity contribution in [2.24, 2.45) is 0 Å². The molecule has 0 saturated heterocycles. The maximum atomic E-state index is 13.1. The van der Waals surface area contributed by atoms with Gasteiger partial charge in [-0.3, -0.25) is 4.79 Å². The van der Waals surface area contributed by atoms with E-state index in [-0.39, 0.29) is 16.8 Å². The molecule has 0 bridgehead atoms. The highest BCUT2D eigenvalue weighted by Crippen LogP contribution is 2.24. The fourth-order valence-electron chi connectivity index (χ4n) is 3.40. The van der Waals surface area contributed by atoms with E-state index in [2.05, 4.69) is 10.6 Å². The molecule has 0 aromatic heterocycles. The number of anilines is 1. The van der Waals surface area contributed by atoms with Crippen LogP contribution in [-0.4, -0.2) is 38.8 Å². The molecule has 6 nitrogen and oxygen atoms in total. The van der Waals surface area contributed by atoms with Crippen molar-refractivity contribution in [1.29, 1.82) is 0 Å². The highest BCUT2D eigenvalue weighted by Gasteiger charge is 2.23. The van der Waals surface area contributed by atoms with Crippen LogP contribution in [0.5, 0.6) is 0 Å². The van der Waals surface area contributed by atoms with Crippen molar-refractivity contribution < 1.29 is 13.2 Å². The number of nitrogens with one attached hydrogen (secondary N) is 2. The Morgan fingerprint density at radius 1 is 0.875 bits per heavy atom. The number of rotatable bonds is 8. The van der Waals surface area contributed by atoms with E-state index < -0.39 is 16.1 Å². The van der Waals surface area contributed by atoms with Gasteiger partial charge in [0.2, 0.25) is 15.9 Å². The first-order chi connectivity index (χ1) is 15.2. The Morgan fingerprint density at radius 2 is 1.41 bits per heavy atom. The average Bonchev–Trinajstić information content (AvgIpc) is 2.79. The number of amides is 1. The molecule has 2 N–H and O–H groups in total. The molecule has 3 rings (SSSR count). The predicted octanol–water partition coefficient (Wildman–Crippen LogP) is 3.95. The van der Waals surface area contributed by atoms with Crippen molar-refractivity contribution >= 4 is 21.6 Å². The Kier molecular flexibility index (Phi) is 7.33. The number of sulfonamides is 1. The fourth-order valence-corrected chi connectivity index (χ4v) is 4.54. The first-order valence-corrected chi connectivity index (χ1v) is 11.8. The van der Waals surface area contributed by atoms with Crippen LogP contribution in [0.4, 0.5) is 5.69 Å². The second-order valence-electron chi connectivity index (χ2n) is 7.90. The van der Waals surface area contributed by atoms with Crippen LogP contribution in [0, 0.1) is 6.92 Å². The maximum Gasteiger partial charge on any atom is 0.242 e. The van der Waals surface area contributed by atoms with Crippen molar-refractivity contribution in [3.8, 4) is 0 Å². The van der Waals surface area contributed by atoms with Gasteiger partial charge in [0.1, 0.15) is 6.04 Å². The standard InChI is InChI=1S/C25H29N3O3S/c1-18-15-16-22(17-23(18)32(30,31)28(3)4)26-19(2)25(29)27-24(20-11-7-5-8-12-20)21-13-9-6-10-14-21/h5-17,19,24,26H,1-4H3,(H,27,29)/t19-/m0/s1. The summed E-state index contributed by atoms with van der Waals surface area (Å²) < 4.78 is 26.4. The molecule has 3 aromatic rings. The van der Waals surface area contributed by atoms with Gasteiger partial charge in [-0.05, 0) is 42.7 Å². The molecule has 3 aromatic carbocycles. The lowest BCUT2D eigenvalue weighted by Gasteiger charge is -2.23. The van der Waals surface area contributed by atoms with Gasteiger partial charge in [0.05, 0.1) is 10.9 Å². The molecule has 0 aliphatic rings. The summed E-state index contributed by atoms with van der Waals surface area (Å²) in [6.45, 7) is 3.50. The molecule has 1 atom stereocenters. The predicted molar refractivity (Wildman–Crippen MR) is 128 cm³/mol. The molecule has 7 heteroatoms. The summed E-state index contributed by atoms with van der Waals surface area (Å²) in [4.78, 5) is 13.3. The molecule has 0 unspecified atom stereocenters. The minimum atomic E-state index is -3.58. The van der Waals surface area contributed by atoms with Crippen molar-refractivity contribution in [2.45, 2.75) is 30.8 Å². The monoisotopic (exact) mass is 451 g/mol. The van der Waals surface area contributed by atoms with Crippen molar-refractivity contribution in [3.63, 3.8) is 0 Å². The summed E-state index contributed by atoms with van der Waals surface area (Å²) in [7, 11) is -0.588. The number of nitrogens with zero attached hydrogens (tertiary/aromatic N) is 1. The summed E-state index contributed by atoms with van der Waals surface area (Å²) in [5.41, 5.74) is 3.17. The lowest BCUT2D eigenvalue weighted by atomic mass is 9.98. The van der Waals surface area contributed by atoms with Crippen molar-refractivity contribution in [1.82, 2.24) is 9.62 Å². The Hall–Kier alpha value is -3.16. The van der Waals surface area contributed by atoms with Gasteiger partial charge in [-0.1, -0.05) is 66.7 Å². The second kappa shape index (κ2) is 9.97. The second-order valence-corrected chi connectivity index (χ2v) is 10.0. The zero-order chi connectivity index (χ0) is 23.3. The summed E-state index contributed by atoms with van der Waals surface area (Å²) >= 11 is 0. The van der Waals surface area contributed by atoms with Crippen LogP contribution in [0.1, 0.15) is 29.7 Å². The number of aryl methyl sites for hydroxylation is 1. The van der Waals surface area contributed by atoms with Gasteiger partial charge in [-0.25, -0.2) is 12.7 Å².